The van der Waals surface area contributed by atoms with Gasteiger partial charge in [0.15, 0.2) is 0 Å². The monoisotopic (exact) mass is 427 g/mol. The van der Waals surface area contributed by atoms with Crippen LogP contribution in [-0.2, 0) is 16.1 Å². The molecule has 0 atom stereocenters. The van der Waals surface area contributed by atoms with Crippen LogP contribution in [0.15, 0.2) is 42.7 Å². The first-order valence-corrected chi connectivity index (χ1v) is 10.2. The predicted octanol–water partition coefficient (Wildman–Crippen LogP) is 2.81. The van der Waals surface area contributed by atoms with Crippen LogP contribution in [0.3, 0.4) is 0 Å². The van der Waals surface area contributed by atoms with E-state index in [0.29, 0.717) is 41.8 Å². The van der Waals surface area contributed by atoms with Gasteiger partial charge in [0.05, 0.1) is 9.85 Å². The Labute approximate surface area is 176 Å². The van der Waals surface area contributed by atoms with Crippen molar-refractivity contribution in [3.8, 4) is 0 Å². The second-order valence-corrected chi connectivity index (χ2v) is 8.38. The number of fused-ring (bicyclic) bond motifs is 1. The van der Waals surface area contributed by atoms with Crippen LogP contribution in [0.2, 0.25) is 4.34 Å². The molecule has 2 amide bonds. The van der Waals surface area contributed by atoms with E-state index in [9.17, 15) is 9.59 Å². The lowest BCUT2D eigenvalue weighted by molar-refractivity contribution is -0.156. The average molecular weight is 428 g/mol. The van der Waals surface area contributed by atoms with Crippen LogP contribution in [0.1, 0.15) is 10.4 Å². The first kappa shape index (κ1) is 19.4. The zero-order chi connectivity index (χ0) is 20.4. The molecule has 1 aliphatic rings. The van der Waals surface area contributed by atoms with Crippen LogP contribution in [0.5, 0.6) is 0 Å². The van der Waals surface area contributed by atoms with Gasteiger partial charge >= 0.3 is 11.8 Å². The Balaban J connectivity index is 1.39. The van der Waals surface area contributed by atoms with Gasteiger partial charge in [0, 0.05) is 36.4 Å². The van der Waals surface area contributed by atoms with E-state index in [0.717, 1.165) is 15.8 Å². The summed E-state index contributed by atoms with van der Waals surface area (Å²) in [6.07, 6.45) is 5.19. The van der Waals surface area contributed by atoms with Crippen LogP contribution in [0.4, 0.5) is 5.82 Å². The molecule has 0 bridgehead atoms. The predicted molar refractivity (Wildman–Crippen MR) is 114 cm³/mol. The third kappa shape index (κ3) is 4.23. The number of halogens is 1. The Hall–Kier alpha value is -2.97. The fourth-order valence-electron chi connectivity index (χ4n) is 3.20. The molecule has 4 rings (SSSR count). The number of nitrogen functional groups attached to an aromatic ring is 1. The number of amides is 2. The van der Waals surface area contributed by atoms with Gasteiger partial charge in [0.1, 0.15) is 12.1 Å². The number of rotatable bonds is 5. The molecule has 9 heteroatoms. The van der Waals surface area contributed by atoms with Crippen molar-refractivity contribution in [2.75, 3.05) is 25.4 Å². The number of piperazine rings is 1. The third-order valence-electron chi connectivity index (χ3n) is 4.70. The molecule has 2 N–H and O–H groups in total. The number of anilines is 1. The summed E-state index contributed by atoms with van der Waals surface area (Å²) in [7, 11) is 0. The molecule has 0 saturated carbocycles. The molecule has 29 heavy (non-hydrogen) atoms. The molecule has 2 aromatic heterocycles. The van der Waals surface area contributed by atoms with Crippen LogP contribution >= 0.6 is 22.9 Å². The van der Waals surface area contributed by atoms with Crippen molar-refractivity contribution in [3.05, 3.63) is 57.5 Å². The number of nitrogens with two attached hydrogens (primary N) is 1. The minimum Gasteiger partial charge on any atom is -0.383 e. The van der Waals surface area contributed by atoms with Gasteiger partial charge in [-0.2, -0.15) is 0 Å². The zero-order valence-electron chi connectivity index (χ0n) is 15.4. The highest BCUT2D eigenvalue weighted by molar-refractivity contribution is 7.16. The molecule has 148 valence electrons. The summed E-state index contributed by atoms with van der Waals surface area (Å²) < 4.78 is 0.715. The number of benzene rings is 1. The maximum absolute atomic E-state index is 12.5. The van der Waals surface area contributed by atoms with E-state index in [1.165, 1.54) is 17.7 Å². The number of hydrogen-bond acceptors (Lipinski definition) is 6. The molecule has 0 spiro atoms. The summed E-state index contributed by atoms with van der Waals surface area (Å²) in [5.41, 5.74) is 7.45. The highest BCUT2D eigenvalue weighted by Gasteiger charge is 2.31. The van der Waals surface area contributed by atoms with E-state index in [2.05, 4.69) is 9.97 Å². The quantitative estimate of drug-likeness (QED) is 0.632. The van der Waals surface area contributed by atoms with Gasteiger partial charge in [-0.15, -0.1) is 11.3 Å². The van der Waals surface area contributed by atoms with Crippen molar-refractivity contribution in [3.63, 3.8) is 0 Å². The standard InChI is InChI=1S/C20H18ClN5O2S/c21-17-6-4-14(29-17)2-1-7-25-8-9-26(20(28)19(25)27)11-13-3-5-15-16(10-13)23-12-24-18(15)22/h1-6,10,12H,7-9,11H2,(H2,22,23,24). The van der Waals surface area contributed by atoms with Gasteiger partial charge in [-0.25, -0.2) is 9.97 Å². The van der Waals surface area contributed by atoms with E-state index >= 15 is 0 Å². The summed E-state index contributed by atoms with van der Waals surface area (Å²) in [6.45, 7) is 1.71. The largest absolute Gasteiger partial charge is 0.383 e. The van der Waals surface area contributed by atoms with E-state index in [1.54, 1.807) is 9.80 Å². The lowest BCUT2D eigenvalue weighted by Gasteiger charge is -2.33. The maximum Gasteiger partial charge on any atom is 0.312 e. The van der Waals surface area contributed by atoms with Crippen molar-refractivity contribution in [1.29, 1.82) is 0 Å². The lowest BCUT2D eigenvalue weighted by atomic mass is 10.1. The van der Waals surface area contributed by atoms with Crippen LogP contribution in [-0.4, -0.2) is 51.2 Å². The normalized spacial score (nSPS) is 15.1. The SMILES string of the molecule is Nc1ncnc2cc(CN3CCN(CC=Cc4ccc(Cl)s4)C(=O)C3=O)ccc12. The molecule has 0 unspecified atom stereocenters. The van der Waals surface area contributed by atoms with Crippen LogP contribution in [0.25, 0.3) is 17.0 Å². The summed E-state index contributed by atoms with van der Waals surface area (Å²) in [4.78, 5) is 37.3. The van der Waals surface area contributed by atoms with Crippen molar-refractivity contribution in [2.45, 2.75) is 6.54 Å². The van der Waals surface area contributed by atoms with Crippen molar-refractivity contribution >= 4 is 57.5 Å². The van der Waals surface area contributed by atoms with Gasteiger partial charge in [-0.3, -0.25) is 9.59 Å². The second-order valence-electron chi connectivity index (χ2n) is 6.63. The fourth-order valence-corrected chi connectivity index (χ4v) is 4.19. The number of carbonyl (C=O) groups excluding carboxylic acids is 2. The number of hydrogen-bond donors (Lipinski definition) is 1. The molecule has 1 aromatic carbocycles. The van der Waals surface area contributed by atoms with Gasteiger partial charge in [-0.05, 0) is 35.9 Å². The minimum atomic E-state index is -0.494. The molecule has 1 aliphatic heterocycles. The molecule has 0 radical (unpaired) electrons. The molecule has 7 nitrogen and oxygen atoms in total. The van der Waals surface area contributed by atoms with Crippen molar-refractivity contribution in [2.24, 2.45) is 0 Å². The second kappa shape index (κ2) is 8.18. The number of nitrogens with zero attached hydrogens (tertiary/aromatic N) is 4. The van der Waals surface area contributed by atoms with E-state index in [1.807, 2.05) is 42.5 Å². The molecule has 0 aliphatic carbocycles. The van der Waals surface area contributed by atoms with Gasteiger partial charge < -0.3 is 15.5 Å². The Morgan fingerprint density at radius 3 is 2.69 bits per heavy atom. The van der Waals surface area contributed by atoms with Gasteiger partial charge in [0.25, 0.3) is 0 Å². The van der Waals surface area contributed by atoms with E-state index < -0.39 is 11.8 Å². The Bertz CT molecular complexity index is 1110. The highest BCUT2D eigenvalue weighted by atomic mass is 35.5. The zero-order valence-corrected chi connectivity index (χ0v) is 17.0. The molecule has 1 saturated heterocycles. The van der Waals surface area contributed by atoms with E-state index in [-0.39, 0.29) is 0 Å². The summed E-state index contributed by atoms with van der Waals surface area (Å²) in [6, 6.07) is 9.32. The fraction of sp³-hybridized carbons (Fsp3) is 0.200. The molecular formula is C20H18ClN5O2S. The maximum atomic E-state index is 12.5. The van der Waals surface area contributed by atoms with Crippen LogP contribution in [0, 0.1) is 0 Å². The van der Waals surface area contributed by atoms with Gasteiger partial charge in [0.2, 0.25) is 0 Å². The van der Waals surface area contributed by atoms with E-state index in [4.69, 9.17) is 17.3 Å². The summed E-state index contributed by atoms with van der Waals surface area (Å²) >= 11 is 7.37. The molecule has 3 heterocycles. The van der Waals surface area contributed by atoms with Crippen molar-refractivity contribution < 1.29 is 9.59 Å². The first-order chi connectivity index (χ1) is 14.0. The smallest absolute Gasteiger partial charge is 0.312 e. The summed E-state index contributed by atoms with van der Waals surface area (Å²) in [5.74, 6) is -0.567. The van der Waals surface area contributed by atoms with Crippen molar-refractivity contribution in [1.82, 2.24) is 19.8 Å². The topological polar surface area (TPSA) is 92.4 Å². The average Bonchev–Trinajstić information content (AvgIpc) is 3.12. The van der Waals surface area contributed by atoms with Crippen LogP contribution < -0.4 is 5.73 Å². The minimum absolute atomic E-state index is 0.349. The highest BCUT2D eigenvalue weighted by Crippen LogP contribution is 2.23. The Morgan fingerprint density at radius 2 is 1.90 bits per heavy atom. The third-order valence-corrected chi connectivity index (χ3v) is 5.90. The van der Waals surface area contributed by atoms with Gasteiger partial charge in [-0.1, -0.05) is 23.7 Å². The molecule has 1 fully saturated rings. The molecule has 3 aromatic rings. The Morgan fingerprint density at radius 1 is 1.10 bits per heavy atom. The number of aromatic nitrogens is 2. The number of carbonyl (C=O) groups is 2. The molecular weight excluding hydrogens is 410 g/mol. The first-order valence-electron chi connectivity index (χ1n) is 9.00. The Kier molecular flexibility index (Phi) is 5.46. The number of thiophene rings is 1. The summed E-state index contributed by atoms with van der Waals surface area (Å²) in [5, 5.41) is 0.766. The lowest BCUT2D eigenvalue weighted by Crippen LogP contribution is -2.53.